The Kier molecular flexibility index (Phi) is 7.26. The molecular formula is C27H23F3N6OS. The largest absolute Gasteiger partial charge is 0.416 e. The van der Waals surface area contributed by atoms with E-state index < -0.39 is 11.7 Å². The van der Waals surface area contributed by atoms with Crippen LogP contribution >= 0.6 is 11.8 Å². The van der Waals surface area contributed by atoms with Gasteiger partial charge in [-0.25, -0.2) is 0 Å². The molecule has 0 radical (unpaired) electrons. The van der Waals surface area contributed by atoms with Crippen LogP contribution in [0, 0.1) is 11.3 Å². The van der Waals surface area contributed by atoms with Gasteiger partial charge in [0, 0.05) is 25.0 Å². The fraction of sp³-hybridized carbons (Fsp3) is 0.222. The summed E-state index contributed by atoms with van der Waals surface area (Å²) >= 11 is 1.26. The summed E-state index contributed by atoms with van der Waals surface area (Å²) in [5.41, 5.74) is 1.23. The first kappa shape index (κ1) is 25.6. The van der Waals surface area contributed by atoms with Crippen LogP contribution in [0.4, 0.5) is 19.1 Å². The first-order valence-electron chi connectivity index (χ1n) is 11.8. The summed E-state index contributed by atoms with van der Waals surface area (Å²) in [5, 5.41) is 21.5. The Balaban J connectivity index is 1.62. The van der Waals surface area contributed by atoms with Gasteiger partial charge in [0.25, 0.3) is 0 Å². The number of hydrogen-bond acceptors (Lipinski definition) is 7. The molecule has 0 unspecified atom stereocenters. The number of thioether (sulfide) groups is 1. The summed E-state index contributed by atoms with van der Waals surface area (Å²) in [5.74, 6) is 0.933. The molecule has 11 heteroatoms. The normalized spacial score (nSPS) is 17.3. The van der Waals surface area contributed by atoms with Gasteiger partial charge in [-0.15, -0.1) is 16.8 Å². The molecule has 2 aliphatic heterocycles. The molecule has 0 atom stereocenters. The first-order chi connectivity index (χ1) is 18.4. The third-order valence-electron chi connectivity index (χ3n) is 6.12. The number of aromatic nitrogens is 3. The summed E-state index contributed by atoms with van der Waals surface area (Å²) in [6.07, 6.45) is -2.83. The summed E-state index contributed by atoms with van der Waals surface area (Å²) < 4.78 is 47.5. The number of halogens is 3. The lowest BCUT2D eigenvalue weighted by atomic mass is 10.1. The number of nitriles is 1. The predicted molar refractivity (Wildman–Crippen MR) is 141 cm³/mol. The molecule has 38 heavy (non-hydrogen) atoms. The number of allylic oxidation sites excluding steroid dienone is 1. The van der Waals surface area contributed by atoms with Crippen LogP contribution in [0.2, 0.25) is 0 Å². The van der Waals surface area contributed by atoms with Crippen molar-refractivity contribution < 1.29 is 17.9 Å². The molecule has 1 fully saturated rings. The molecule has 7 nitrogen and oxygen atoms in total. The molecule has 0 bridgehead atoms. The molecule has 0 spiro atoms. The van der Waals surface area contributed by atoms with Crippen LogP contribution in [0.15, 0.2) is 77.7 Å². The average Bonchev–Trinajstić information content (AvgIpc) is 3.55. The molecule has 3 aromatic rings. The van der Waals surface area contributed by atoms with Gasteiger partial charge in [0.15, 0.2) is 5.82 Å². The fourth-order valence-electron chi connectivity index (χ4n) is 4.35. The number of benzene rings is 2. The Bertz CT molecular complexity index is 1430. The summed E-state index contributed by atoms with van der Waals surface area (Å²) in [7, 11) is 0. The summed E-state index contributed by atoms with van der Waals surface area (Å²) in [6, 6.07) is 16.9. The van der Waals surface area contributed by atoms with Gasteiger partial charge in [0.1, 0.15) is 16.7 Å². The molecule has 0 N–H and O–H groups in total. The van der Waals surface area contributed by atoms with E-state index >= 15 is 0 Å². The van der Waals surface area contributed by atoms with E-state index in [1.807, 2.05) is 34.9 Å². The molecule has 1 aromatic heterocycles. The molecule has 1 saturated heterocycles. The van der Waals surface area contributed by atoms with Crippen LogP contribution in [0.1, 0.15) is 17.0 Å². The highest BCUT2D eigenvalue weighted by atomic mass is 32.2. The van der Waals surface area contributed by atoms with Crippen LogP contribution in [0.3, 0.4) is 0 Å². The predicted octanol–water partition coefficient (Wildman–Crippen LogP) is 5.55. The van der Waals surface area contributed by atoms with Crippen molar-refractivity contribution >= 4 is 29.0 Å². The highest BCUT2D eigenvalue weighted by molar-refractivity contribution is 8.06. The average molecular weight is 537 g/mol. The van der Waals surface area contributed by atoms with E-state index in [1.54, 1.807) is 22.5 Å². The third kappa shape index (κ3) is 4.92. The van der Waals surface area contributed by atoms with Crippen molar-refractivity contribution in [2.45, 2.75) is 6.18 Å². The Morgan fingerprint density at radius 3 is 2.55 bits per heavy atom. The highest BCUT2D eigenvalue weighted by Crippen LogP contribution is 2.44. The zero-order valence-electron chi connectivity index (χ0n) is 20.2. The molecule has 0 amide bonds. The lowest BCUT2D eigenvalue weighted by molar-refractivity contribution is -0.137. The minimum absolute atomic E-state index is 0.255. The molecule has 3 heterocycles. The standard InChI is InChI=1S/C27H23F3N6OS/c1-2-11-35-23(19-7-6-8-20(16-19)27(28,29)30)18-38-25(35)22(17-31)24-32-33-26(34-12-14-37-15-13-34)36(24)21-9-4-3-5-10-21/h2-10,16,18H,1,11-15H2/b25-22+. The van der Waals surface area contributed by atoms with E-state index in [0.29, 0.717) is 54.4 Å². The quantitative estimate of drug-likeness (QED) is 0.302. The van der Waals surface area contributed by atoms with Crippen molar-refractivity contribution in [1.82, 2.24) is 19.7 Å². The first-order valence-corrected chi connectivity index (χ1v) is 12.7. The highest BCUT2D eigenvalue weighted by Gasteiger charge is 2.33. The van der Waals surface area contributed by atoms with E-state index in [2.05, 4.69) is 27.7 Å². The van der Waals surface area contributed by atoms with Gasteiger partial charge in [-0.3, -0.25) is 4.57 Å². The van der Waals surface area contributed by atoms with E-state index in [-0.39, 0.29) is 12.1 Å². The zero-order chi connectivity index (χ0) is 26.7. The number of para-hydroxylation sites is 1. The molecule has 5 rings (SSSR count). The molecule has 194 valence electrons. The molecule has 2 aromatic carbocycles. The molecule has 0 aliphatic carbocycles. The van der Waals surface area contributed by atoms with Crippen LogP contribution in [0.25, 0.3) is 17.0 Å². The Morgan fingerprint density at radius 1 is 1.11 bits per heavy atom. The number of morpholine rings is 1. The Hall–Kier alpha value is -4.01. The third-order valence-corrected chi connectivity index (χ3v) is 7.11. The van der Waals surface area contributed by atoms with Crippen molar-refractivity contribution in [2.24, 2.45) is 0 Å². The van der Waals surface area contributed by atoms with Crippen molar-refractivity contribution in [2.75, 3.05) is 37.7 Å². The number of ether oxygens (including phenoxy) is 1. The van der Waals surface area contributed by atoms with Gasteiger partial charge in [0.05, 0.1) is 30.2 Å². The molecule has 0 saturated carbocycles. The van der Waals surface area contributed by atoms with Crippen molar-refractivity contribution in [3.8, 4) is 11.8 Å². The summed E-state index contributed by atoms with van der Waals surface area (Å²) in [4.78, 5) is 3.84. The van der Waals surface area contributed by atoms with Gasteiger partial charge in [-0.1, -0.05) is 48.2 Å². The van der Waals surface area contributed by atoms with E-state index in [9.17, 15) is 18.4 Å². The van der Waals surface area contributed by atoms with Crippen molar-refractivity contribution in [1.29, 1.82) is 5.26 Å². The van der Waals surface area contributed by atoms with Crippen LogP contribution in [0.5, 0.6) is 0 Å². The SMILES string of the molecule is C=CCN1C(c2cccc(C(F)(F)F)c2)=CS/C1=C(\C#N)c1nnc(N2CCOCC2)n1-c1ccccc1. The zero-order valence-corrected chi connectivity index (χ0v) is 21.0. The number of anilines is 1. The maximum atomic E-state index is 13.4. The second kappa shape index (κ2) is 10.8. The van der Waals surface area contributed by atoms with Crippen LogP contribution in [-0.4, -0.2) is 52.5 Å². The second-order valence-electron chi connectivity index (χ2n) is 8.48. The van der Waals surface area contributed by atoms with Gasteiger partial charge in [-0.05, 0) is 29.8 Å². The summed E-state index contributed by atoms with van der Waals surface area (Å²) in [6.45, 7) is 6.46. The van der Waals surface area contributed by atoms with Crippen LogP contribution in [-0.2, 0) is 10.9 Å². The van der Waals surface area contributed by atoms with Crippen molar-refractivity contribution in [3.05, 3.63) is 94.6 Å². The van der Waals surface area contributed by atoms with Crippen molar-refractivity contribution in [3.63, 3.8) is 0 Å². The number of nitrogens with zero attached hydrogens (tertiary/aromatic N) is 6. The van der Waals surface area contributed by atoms with E-state index in [0.717, 1.165) is 17.8 Å². The van der Waals surface area contributed by atoms with Gasteiger partial charge >= 0.3 is 6.18 Å². The molecular weight excluding hydrogens is 513 g/mol. The lowest BCUT2D eigenvalue weighted by Gasteiger charge is -2.28. The van der Waals surface area contributed by atoms with Gasteiger partial charge in [-0.2, -0.15) is 18.4 Å². The van der Waals surface area contributed by atoms with E-state index in [1.165, 1.54) is 17.8 Å². The second-order valence-corrected chi connectivity index (χ2v) is 9.34. The number of alkyl halides is 3. The molecule has 2 aliphatic rings. The van der Waals surface area contributed by atoms with E-state index in [4.69, 9.17) is 4.74 Å². The number of rotatable bonds is 6. The topological polar surface area (TPSA) is 70.2 Å². The Morgan fingerprint density at radius 2 is 1.87 bits per heavy atom. The minimum atomic E-state index is -4.47. The maximum Gasteiger partial charge on any atom is 0.416 e. The Labute approximate surface area is 222 Å². The smallest absolute Gasteiger partial charge is 0.378 e. The maximum absolute atomic E-state index is 13.4. The fourth-order valence-corrected chi connectivity index (χ4v) is 5.39. The monoisotopic (exact) mass is 536 g/mol. The van der Waals surface area contributed by atoms with Crippen LogP contribution < -0.4 is 4.90 Å². The van der Waals surface area contributed by atoms with Gasteiger partial charge < -0.3 is 14.5 Å². The van der Waals surface area contributed by atoms with Gasteiger partial charge in [0.2, 0.25) is 5.95 Å². The minimum Gasteiger partial charge on any atom is -0.378 e. The lowest BCUT2D eigenvalue weighted by Crippen LogP contribution is -2.38. The number of hydrogen-bond donors (Lipinski definition) is 0.